The number of fused-ring (bicyclic) bond motifs is 2. The quantitative estimate of drug-likeness (QED) is 0.581. The highest BCUT2D eigenvalue weighted by Crippen LogP contribution is 2.23. The summed E-state index contributed by atoms with van der Waals surface area (Å²) in [5.41, 5.74) is 1.55. The molecular weight excluding hydrogens is 362 g/mol. The van der Waals surface area contributed by atoms with Crippen LogP contribution in [0.4, 0.5) is 0 Å². The fourth-order valence-corrected chi connectivity index (χ4v) is 3.70. The molecule has 0 atom stereocenters. The second-order valence-electron chi connectivity index (χ2n) is 4.93. The predicted octanol–water partition coefficient (Wildman–Crippen LogP) is 3.89. The van der Waals surface area contributed by atoms with E-state index in [4.69, 9.17) is 0 Å². The molecule has 108 valence electrons. The summed E-state index contributed by atoms with van der Waals surface area (Å²) in [4.78, 5) is 24.1. The molecule has 0 fully saturated rings. The van der Waals surface area contributed by atoms with Gasteiger partial charge in [-0.05, 0) is 30.3 Å². The van der Waals surface area contributed by atoms with Crippen molar-refractivity contribution in [1.29, 1.82) is 0 Å². The average molecular weight is 372 g/mol. The van der Waals surface area contributed by atoms with Crippen LogP contribution in [0.1, 0.15) is 10.8 Å². The van der Waals surface area contributed by atoms with Crippen molar-refractivity contribution >= 4 is 48.4 Å². The van der Waals surface area contributed by atoms with E-state index in [9.17, 15) is 4.79 Å². The van der Waals surface area contributed by atoms with Crippen LogP contribution >= 0.6 is 27.3 Å². The number of H-pyrrole nitrogens is 1. The van der Waals surface area contributed by atoms with E-state index in [0.717, 1.165) is 19.7 Å². The van der Waals surface area contributed by atoms with Gasteiger partial charge >= 0.3 is 0 Å². The number of benzene rings is 2. The Morgan fingerprint density at radius 1 is 1.09 bits per heavy atom. The van der Waals surface area contributed by atoms with Gasteiger partial charge in [0.1, 0.15) is 10.8 Å². The highest BCUT2D eigenvalue weighted by atomic mass is 79.9. The van der Waals surface area contributed by atoms with Crippen LogP contribution in [0.15, 0.2) is 51.7 Å². The largest absolute Gasteiger partial charge is 0.310 e. The van der Waals surface area contributed by atoms with Gasteiger partial charge in [0, 0.05) is 4.47 Å². The summed E-state index contributed by atoms with van der Waals surface area (Å²) >= 11 is 5.03. The van der Waals surface area contributed by atoms with Gasteiger partial charge in [0.05, 0.1) is 27.5 Å². The number of aromatic amines is 1. The van der Waals surface area contributed by atoms with Crippen molar-refractivity contribution in [3.63, 3.8) is 0 Å². The predicted molar refractivity (Wildman–Crippen MR) is 92.5 cm³/mol. The van der Waals surface area contributed by atoms with E-state index >= 15 is 0 Å². The Balaban J connectivity index is 1.79. The van der Waals surface area contributed by atoms with E-state index in [-0.39, 0.29) is 5.56 Å². The van der Waals surface area contributed by atoms with E-state index < -0.39 is 0 Å². The zero-order valence-electron chi connectivity index (χ0n) is 11.3. The SMILES string of the molecule is O=c1[nH]c(Cc2nc3ccccc3s2)nc2cc(Br)ccc12. The summed E-state index contributed by atoms with van der Waals surface area (Å²) in [5.74, 6) is 0.634. The lowest BCUT2D eigenvalue weighted by Crippen LogP contribution is -2.12. The molecule has 4 rings (SSSR count). The molecule has 0 radical (unpaired) electrons. The van der Waals surface area contributed by atoms with Gasteiger partial charge in [0.25, 0.3) is 5.56 Å². The Labute approximate surface area is 138 Å². The Bertz CT molecular complexity index is 1020. The number of rotatable bonds is 2. The van der Waals surface area contributed by atoms with Gasteiger partial charge in [-0.3, -0.25) is 4.79 Å². The molecule has 0 aliphatic carbocycles. The van der Waals surface area contributed by atoms with Crippen molar-refractivity contribution in [3.8, 4) is 0 Å². The van der Waals surface area contributed by atoms with Crippen molar-refractivity contribution in [2.45, 2.75) is 6.42 Å². The lowest BCUT2D eigenvalue weighted by atomic mass is 10.2. The Morgan fingerprint density at radius 3 is 2.82 bits per heavy atom. The summed E-state index contributed by atoms with van der Waals surface area (Å²) in [6.45, 7) is 0. The van der Waals surface area contributed by atoms with Crippen LogP contribution in [0, 0.1) is 0 Å². The molecule has 4 nitrogen and oxygen atoms in total. The molecule has 2 aromatic heterocycles. The minimum Gasteiger partial charge on any atom is -0.310 e. The maximum Gasteiger partial charge on any atom is 0.258 e. The van der Waals surface area contributed by atoms with Crippen LogP contribution in [0.2, 0.25) is 0 Å². The van der Waals surface area contributed by atoms with Crippen LogP contribution in [0.5, 0.6) is 0 Å². The molecule has 0 bridgehead atoms. The fourth-order valence-electron chi connectivity index (χ4n) is 2.38. The summed E-state index contributed by atoms with van der Waals surface area (Å²) in [7, 11) is 0. The first kappa shape index (κ1) is 13.6. The first-order chi connectivity index (χ1) is 10.7. The third-order valence-corrected chi connectivity index (χ3v) is 4.90. The average Bonchev–Trinajstić information content (AvgIpc) is 2.88. The third-order valence-electron chi connectivity index (χ3n) is 3.37. The van der Waals surface area contributed by atoms with E-state index in [1.807, 2.05) is 36.4 Å². The third kappa shape index (κ3) is 2.44. The molecular formula is C16H10BrN3OS. The highest BCUT2D eigenvalue weighted by Gasteiger charge is 2.08. The van der Waals surface area contributed by atoms with Crippen molar-refractivity contribution < 1.29 is 0 Å². The second kappa shape index (κ2) is 5.30. The first-order valence-corrected chi connectivity index (χ1v) is 8.33. The minimum absolute atomic E-state index is 0.117. The van der Waals surface area contributed by atoms with Gasteiger partial charge in [0.15, 0.2) is 0 Å². The van der Waals surface area contributed by atoms with E-state index in [2.05, 4.69) is 30.9 Å². The smallest absolute Gasteiger partial charge is 0.258 e. The van der Waals surface area contributed by atoms with Gasteiger partial charge in [-0.2, -0.15) is 0 Å². The number of thiazole rings is 1. The van der Waals surface area contributed by atoms with Crippen LogP contribution in [-0.2, 0) is 6.42 Å². The van der Waals surface area contributed by atoms with Crippen LogP contribution in [0.3, 0.4) is 0 Å². The Kier molecular flexibility index (Phi) is 3.28. The van der Waals surface area contributed by atoms with Gasteiger partial charge in [-0.15, -0.1) is 11.3 Å². The molecule has 0 saturated heterocycles. The number of halogens is 1. The second-order valence-corrected chi connectivity index (χ2v) is 6.96. The summed E-state index contributed by atoms with van der Waals surface area (Å²) < 4.78 is 2.05. The number of para-hydroxylation sites is 1. The van der Waals surface area contributed by atoms with Crippen molar-refractivity contribution in [3.05, 3.63) is 68.1 Å². The van der Waals surface area contributed by atoms with E-state index in [1.54, 1.807) is 17.4 Å². The van der Waals surface area contributed by atoms with Gasteiger partial charge in [-0.25, -0.2) is 9.97 Å². The molecule has 1 N–H and O–H groups in total. The summed E-state index contributed by atoms with van der Waals surface area (Å²) in [6, 6.07) is 13.5. The van der Waals surface area contributed by atoms with Crippen molar-refractivity contribution in [1.82, 2.24) is 15.0 Å². The fraction of sp³-hybridized carbons (Fsp3) is 0.0625. The van der Waals surface area contributed by atoms with Crippen molar-refractivity contribution in [2.24, 2.45) is 0 Å². The molecule has 4 aromatic rings. The summed E-state index contributed by atoms with van der Waals surface area (Å²) in [6.07, 6.45) is 0.525. The Hall–Kier alpha value is -2.05. The first-order valence-electron chi connectivity index (χ1n) is 6.72. The monoisotopic (exact) mass is 371 g/mol. The molecule has 0 saturated carbocycles. The molecule has 0 unspecified atom stereocenters. The zero-order chi connectivity index (χ0) is 15.1. The van der Waals surface area contributed by atoms with Gasteiger partial charge in [0.2, 0.25) is 0 Å². The number of nitrogens with zero attached hydrogens (tertiary/aromatic N) is 2. The molecule has 0 aliphatic heterocycles. The highest BCUT2D eigenvalue weighted by molar-refractivity contribution is 9.10. The molecule has 0 amide bonds. The molecule has 22 heavy (non-hydrogen) atoms. The van der Waals surface area contributed by atoms with Crippen LogP contribution in [0.25, 0.3) is 21.1 Å². The molecule has 2 heterocycles. The standard InChI is InChI=1S/C16H10BrN3OS/c17-9-5-6-10-12(7-9)18-14(20-16(10)21)8-15-19-11-3-1-2-4-13(11)22-15/h1-7H,8H2,(H,18,20,21). The number of aromatic nitrogens is 3. The normalized spacial score (nSPS) is 11.3. The number of hydrogen-bond donors (Lipinski definition) is 1. The molecule has 0 aliphatic rings. The zero-order valence-corrected chi connectivity index (χ0v) is 13.7. The van der Waals surface area contributed by atoms with E-state index in [0.29, 0.717) is 23.1 Å². The lowest BCUT2D eigenvalue weighted by Gasteiger charge is -2.01. The maximum atomic E-state index is 12.1. The maximum absolute atomic E-state index is 12.1. The number of nitrogens with one attached hydrogen (secondary N) is 1. The van der Waals surface area contributed by atoms with Crippen LogP contribution in [-0.4, -0.2) is 15.0 Å². The van der Waals surface area contributed by atoms with Crippen molar-refractivity contribution in [2.75, 3.05) is 0 Å². The topological polar surface area (TPSA) is 58.6 Å². The van der Waals surface area contributed by atoms with Gasteiger partial charge < -0.3 is 4.98 Å². The molecule has 2 aromatic carbocycles. The molecule has 0 spiro atoms. The van der Waals surface area contributed by atoms with Crippen LogP contribution < -0.4 is 5.56 Å². The van der Waals surface area contributed by atoms with Gasteiger partial charge in [-0.1, -0.05) is 28.1 Å². The Morgan fingerprint density at radius 2 is 1.95 bits per heavy atom. The number of hydrogen-bond acceptors (Lipinski definition) is 4. The lowest BCUT2D eigenvalue weighted by molar-refractivity contribution is 0.965. The molecule has 6 heteroatoms. The summed E-state index contributed by atoms with van der Waals surface area (Å²) in [5, 5.41) is 1.54. The van der Waals surface area contributed by atoms with E-state index in [1.165, 1.54) is 0 Å². The minimum atomic E-state index is -0.117.